The molecule has 0 saturated heterocycles. The predicted octanol–water partition coefficient (Wildman–Crippen LogP) is 1.89. The van der Waals surface area contributed by atoms with Crippen molar-refractivity contribution in [1.29, 1.82) is 0 Å². The summed E-state index contributed by atoms with van der Waals surface area (Å²) in [5, 5.41) is 2.78. The molecule has 2 heterocycles. The number of rotatable bonds is 6. The number of aromatic nitrogens is 2. The maximum absolute atomic E-state index is 12.3. The smallest absolute Gasteiger partial charge is 0.272 e. The second-order valence-electron chi connectivity index (χ2n) is 4.92. The Balaban J connectivity index is 2.06. The van der Waals surface area contributed by atoms with Crippen LogP contribution in [-0.2, 0) is 6.54 Å². The normalized spacial score (nSPS) is 10.2. The minimum absolute atomic E-state index is 0.168. The van der Waals surface area contributed by atoms with Crippen LogP contribution in [0.15, 0.2) is 42.7 Å². The van der Waals surface area contributed by atoms with Crippen molar-refractivity contribution in [3.63, 3.8) is 0 Å². The molecule has 120 valence electrons. The van der Waals surface area contributed by atoms with E-state index in [1.807, 2.05) is 26.0 Å². The van der Waals surface area contributed by atoms with E-state index in [4.69, 9.17) is 0 Å². The third-order valence-electron chi connectivity index (χ3n) is 3.45. The molecule has 0 spiro atoms. The Morgan fingerprint density at radius 1 is 1.04 bits per heavy atom. The predicted molar refractivity (Wildman–Crippen MR) is 86.9 cm³/mol. The van der Waals surface area contributed by atoms with Crippen molar-refractivity contribution in [1.82, 2.24) is 20.2 Å². The van der Waals surface area contributed by atoms with Crippen molar-refractivity contribution < 1.29 is 9.59 Å². The van der Waals surface area contributed by atoms with Crippen molar-refractivity contribution in [2.75, 3.05) is 13.1 Å². The molecule has 2 aromatic rings. The summed E-state index contributed by atoms with van der Waals surface area (Å²) < 4.78 is 0. The molecule has 2 aromatic heterocycles. The van der Waals surface area contributed by atoms with E-state index in [9.17, 15) is 9.59 Å². The SMILES string of the molecule is CCN(CC)C(=O)c1cccc(C(=O)NCc2ccncc2)n1. The van der Waals surface area contributed by atoms with E-state index in [1.54, 1.807) is 35.5 Å². The van der Waals surface area contributed by atoms with E-state index in [2.05, 4.69) is 15.3 Å². The van der Waals surface area contributed by atoms with Crippen LogP contribution in [0.4, 0.5) is 0 Å². The molecule has 6 nitrogen and oxygen atoms in total. The Bertz CT molecular complexity index is 669. The number of carbonyl (C=O) groups is 2. The first-order chi connectivity index (χ1) is 11.2. The lowest BCUT2D eigenvalue weighted by Crippen LogP contribution is -2.32. The number of amides is 2. The maximum atomic E-state index is 12.3. The summed E-state index contributed by atoms with van der Waals surface area (Å²) in [6, 6.07) is 8.55. The van der Waals surface area contributed by atoms with Gasteiger partial charge in [0.1, 0.15) is 11.4 Å². The molecular weight excluding hydrogens is 292 g/mol. The first-order valence-electron chi connectivity index (χ1n) is 7.59. The summed E-state index contributed by atoms with van der Waals surface area (Å²) in [6.07, 6.45) is 3.34. The average Bonchev–Trinajstić information content (AvgIpc) is 2.61. The van der Waals surface area contributed by atoms with Gasteiger partial charge in [0.25, 0.3) is 11.8 Å². The molecule has 0 unspecified atom stereocenters. The Labute approximate surface area is 135 Å². The highest BCUT2D eigenvalue weighted by molar-refractivity contribution is 5.96. The lowest BCUT2D eigenvalue weighted by Gasteiger charge is -2.18. The van der Waals surface area contributed by atoms with E-state index in [0.29, 0.717) is 19.6 Å². The lowest BCUT2D eigenvalue weighted by molar-refractivity contribution is 0.0767. The maximum Gasteiger partial charge on any atom is 0.272 e. The summed E-state index contributed by atoms with van der Waals surface area (Å²) in [6.45, 7) is 5.42. The highest BCUT2D eigenvalue weighted by Crippen LogP contribution is 2.05. The molecule has 0 aliphatic heterocycles. The van der Waals surface area contributed by atoms with Crippen molar-refractivity contribution in [2.45, 2.75) is 20.4 Å². The number of carbonyl (C=O) groups excluding carboxylic acids is 2. The zero-order chi connectivity index (χ0) is 16.7. The number of pyridine rings is 2. The molecule has 2 amide bonds. The number of nitrogens with one attached hydrogen (secondary N) is 1. The fourth-order valence-corrected chi connectivity index (χ4v) is 2.13. The van der Waals surface area contributed by atoms with Gasteiger partial charge >= 0.3 is 0 Å². The number of hydrogen-bond acceptors (Lipinski definition) is 4. The van der Waals surface area contributed by atoms with Crippen LogP contribution in [0.2, 0.25) is 0 Å². The van der Waals surface area contributed by atoms with Crippen LogP contribution in [0.1, 0.15) is 40.4 Å². The van der Waals surface area contributed by atoms with Gasteiger partial charge < -0.3 is 10.2 Å². The van der Waals surface area contributed by atoms with Gasteiger partial charge in [-0.25, -0.2) is 4.98 Å². The third-order valence-corrected chi connectivity index (χ3v) is 3.45. The molecule has 0 fully saturated rings. The van der Waals surface area contributed by atoms with Crippen molar-refractivity contribution in [3.05, 3.63) is 59.7 Å². The number of nitrogens with zero attached hydrogens (tertiary/aromatic N) is 3. The molecule has 0 aliphatic rings. The highest BCUT2D eigenvalue weighted by atomic mass is 16.2. The summed E-state index contributed by atoms with van der Waals surface area (Å²) in [5.74, 6) is -0.477. The zero-order valence-corrected chi connectivity index (χ0v) is 13.3. The highest BCUT2D eigenvalue weighted by Gasteiger charge is 2.16. The van der Waals surface area contributed by atoms with Gasteiger partial charge in [-0.3, -0.25) is 14.6 Å². The van der Waals surface area contributed by atoms with Gasteiger partial charge in [0, 0.05) is 32.0 Å². The fraction of sp³-hybridized carbons (Fsp3) is 0.294. The van der Waals surface area contributed by atoms with E-state index < -0.39 is 0 Å². The first-order valence-corrected chi connectivity index (χ1v) is 7.59. The van der Waals surface area contributed by atoms with E-state index in [0.717, 1.165) is 5.56 Å². The molecule has 0 aromatic carbocycles. The van der Waals surface area contributed by atoms with Gasteiger partial charge in [0.05, 0.1) is 0 Å². The van der Waals surface area contributed by atoms with Crippen LogP contribution >= 0.6 is 0 Å². The lowest BCUT2D eigenvalue weighted by atomic mass is 10.2. The van der Waals surface area contributed by atoms with Crippen LogP contribution in [0.5, 0.6) is 0 Å². The van der Waals surface area contributed by atoms with E-state index in [-0.39, 0.29) is 23.2 Å². The van der Waals surface area contributed by atoms with E-state index >= 15 is 0 Å². The fourth-order valence-electron chi connectivity index (χ4n) is 2.13. The molecule has 6 heteroatoms. The molecule has 2 rings (SSSR count). The molecule has 0 saturated carbocycles. The van der Waals surface area contributed by atoms with Crippen molar-refractivity contribution in [3.8, 4) is 0 Å². The monoisotopic (exact) mass is 312 g/mol. The van der Waals surface area contributed by atoms with Crippen molar-refractivity contribution >= 4 is 11.8 Å². The molecule has 0 radical (unpaired) electrons. The van der Waals surface area contributed by atoms with Gasteiger partial charge in [0.15, 0.2) is 0 Å². The molecule has 0 atom stereocenters. The standard InChI is InChI=1S/C17H20N4O2/c1-3-21(4-2)17(23)15-7-5-6-14(20-15)16(22)19-12-13-8-10-18-11-9-13/h5-11H,3-4,12H2,1-2H3,(H,19,22). The number of hydrogen-bond donors (Lipinski definition) is 1. The third kappa shape index (κ3) is 4.35. The van der Waals surface area contributed by atoms with Gasteiger partial charge in [0.2, 0.25) is 0 Å². The van der Waals surface area contributed by atoms with Gasteiger partial charge in [-0.05, 0) is 43.7 Å². The second kappa shape index (κ2) is 8.03. The van der Waals surface area contributed by atoms with E-state index in [1.165, 1.54) is 0 Å². The van der Waals surface area contributed by atoms with Gasteiger partial charge in [-0.2, -0.15) is 0 Å². The molecule has 0 aliphatic carbocycles. The van der Waals surface area contributed by atoms with Gasteiger partial charge in [-0.15, -0.1) is 0 Å². The summed E-state index contributed by atoms with van der Waals surface area (Å²) >= 11 is 0. The average molecular weight is 312 g/mol. The Kier molecular flexibility index (Phi) is 5.80. The molecule has 23 heavy (non-hydrogen) atoms. The largest absolute Gasteiger partial charge is 0.347 e. The molecule has 0 bridgehead atoms. The van der Waals surface area contributed by atoms with Crippen LogP contribution < -0.4 is 5.32 Å². The quantitative estimate of drug-likeness (QED) is 0.884. The summed E-state index contributed by atoms with van der Waals surface area (Å²) in [7, 11) is 0. The van der Waals surface area contributed by atoms with Crippen LogP contribution in [0, 0.1) is 0 Å². The Morgan fingerprint density at radius 3 is 2.35 bits per heavy atom. The minimum atomic E-state index is -0.309. The van der Waals surface area contributed by atoms with Gasteiger partial charge in [-0.1, -0.05) is 6.07 Å². The topological polar surface area (TPSA) is 75.2 Å². The van der Waals surface area contributed by atoms with Crippen molar-refractivity contribution in [2.24, 2.45) is 0 Å². The molecular formula is C17H20N4O2. The van der Waals surface area contributed by atoms with Crippen LogP contribution in [0.25, 0.3) is 0 Å². The minimum Gasteiger partial charge on any atom is -0.347 e. The summed E-state index contributed by atoms with van der Waals surface area (Å²) in [5.41, 5.74) is 1.46. The molecule has 1 N–H and O–H groups in total. The Hall–Kier alpha value is -2.76. The summed E-state index contributed by atoms with van der Waals surface area (Å²) in [4.78, 5) is 34.3. The van der Waals surface area contributed by atoms with Crippen LogP contribution in [0.3, 0.4) is 0 Å². The second-order valence-corrected chi connectivity index (χ2v) is 4.92. The first kappa shape index (κ1) is 16.6. The Morgan fingerprint density at radius 2 is 1.70 bits per heavy atom. The zero-order valence-electron chi connectivity index (χ0n) is 13.3. The van der Waals surface area contributed by atoms with Crippen LogP contribution in [-0.4, -0.2) is 39.8 Å².